The Morgan fingerprint density at radius 2 is 2.10 bits per heavy atom. The molecule has 21 heavy (non-hydrogen) atoms. The van der Waals surface area contributed by atoms with Crippen LogP contribution in [0.15, 0.2) is 17.0 Å². The highest BCUT2D eigenvalue weighted by Gasteiger charge is 2.19. The monoisotopic (exact) mass is 338 g/mol. The van der Waals surface area contributed by atoms with Gasteiger partial charge in [-0.3, -0.25) is 0 Å². The Labute approximate surface area is 129 Å². The zero-order chi connectivity index (χ0) is 16.0. The van der Waals surface area contributed by atoms with Gasteiger partial charge < -0.3 is 10.5 Å². The number of nitrogens with two attached hydrogens (primary N) is 1. The minimum absolute atomic E-state index is 0.202. The highest BCUT2D eigenvalue weighted by Crippen LogP contribution is 2.26. The fraction of sp³-hybridized carbons (Fsp3) is 0.538. The van der Waals surface area contributed by atoms with Crippen LogP contribution in [0.4, 0.5) is 10.1 Å². The van der Waals surface area contributed by atoms with Crippen molar-refractivity contribution in [1.29, 1.82) is 0 Å². The van der Waals surface area contributed by atoms with Crippen molar-refractivity contribution in [3.8, 4) is 0 Å². The average molecular weight is 339 g/mol. The van der Waals surface area contributed by atoms with E-state index in [1.165, 1.54) is 0 Å². The van der Waals surface area contributed by atoms with Crippen molar-refractivity contribution in [3.63, 3.8) is 0 Å². The molecule has 120 valence electrons. The standard InChI is InChI=1S/C13H20ClFN2O3S/c1-9(2)8-20-5-3-4-17-21(18,19)13-7-12(16)11(15)6-10(13)14/h6-7,9,17H,3-5,8,16H2,1-2H3. The summed E-state index contributed by atoms with van der Waals surface area (Å²) in [5, 5.41) is -0.203. The second-order valence-corrected chi connectivity index (χ2v) is 7.17. The number of nitrogen functional groups attached to an aromatic ring is 1. The number of sulfonamides is 1. The van der Waals surface area contributed by atoms with E-state index >= 15 is 0 Å². The fourth-order valence-corrected chi connectivity index (χ4v) is 3.15. The Morgan fingerprint density at radius 1 is 1.43 bits per heavy atom. The molecule has 3 N–H and O–H groups in total. The quantitative estimate of drug-likeness (QED) is 0.563. The molecule has 0 saturated heterocycles. The van der Waals surface area contributed by atoms with Crippen molar-refractivity contribution in [1.82, 2.24) is 4.72 Å². The van der Waals surface area contributed by atoms with E-state index in [1.807, 2.05) is 13.8 Å². The van der Waals surface area contributed by atoms with Crippen LogP contribution in [0, 0.1) is 11.7 Å². The predicted octanol–water partition coefficient (Wildman–Crippen LogP) is 2.40. The van der Waals surface area contributed by atoms with Gasteiger partial charge in [-0.15, -0.1) is 0 Å². The van der Waals surface area contributed by atoms with E-state index in [4.69, 9.17) is 22.1 Å². The van der Waals surface area contributed by atoms with Crippen LogP contribution in [0.5, 0.6) is 0 Å². The summed E-state index contributed by atoms with van der Waals surface area (Å²) in [6.45, 7) is 5.36. The van der Waals surface area contributed by atoms with Crippen LogP contribution < -0.4 is 10.5 Å². The van der Waals surface area contributed by atoms with Crippen LogP contribution in [-0.2, 0) is 14.8 Å². The zero-order valence-corrected chi connectivity index (χ0v) is 13.6. The molecule has 0 fully saturated rings. The predicted molar refractivity (Wildman–Crippen MR) is 81.3 cm³/mol. The molecule has 0 aromatic heterocycles. The SMILES string of the molecule is CC(C)COCCCNS(=O)(=O)c1cc(N)c(F)cc1Cl. The van der Waals surface area contributed by atoms with Crippen molar-refractivity contribution in [2.24, 2.45) is 5.92 Å². The molecule has 1 rings (SSSR count). The Balaban J connectivity index is 2.56. The zero-order valence-electron chi connectivity index (χ0n) is 12.0. The third-order valence-corrected chi connectivity index (χ3v) is 4.48. The first kappa shape index (κ1) is 18.2. The third kappa shape index (κ3) is 5.78. The summed E-state index contributed by atoms with van der Waals surface area (Å²) in [6, 6.07) is 1.90. The summed E-state index contributed by atoms with van der Waals surface area (Å²) < 4.78 is 45.0. The van der Waals surface area contributed by atoms with Gasteiger partial charge in [-0.2, -0.15) is 0 Å². The molecule has 0 aliphatic heterocycles. The van der Waals surface area contributed by atoms with E-state index in [0.29, 0.717) is 25.6 Å². The lowest BCUT2D eigenvalue weighted by Gasteiger charge is -2.10. The van der Waals surface area contributed by atoms with Crippen molar-refractivity contribution >= 4 is 27.3 Å². The maximum absolute atomic E-state index is 13.2. The molecule has 0 atom stereocenters. The second-order valence-electron chi connectivity index (χ2n) is 5.02. The van der Waals surface area contributed by atoms with E-state index in [-0.39, 0.29) is 22.2 Å². The first-order valence-corrected chi connectivity index (χ1v) is 8.42. The molecular formula is C13H20ClFN2O3S. The van der Waals surface area contributed by atoms with Gasteiger partial charge in [0.15, 0.2) is 0 Å². The number of rotatable bonds is 8. The lowest BCUT2D eigenvalue weighted by Crippen LogP contribution is -2.26. The summed E-state index contributed by atoms with van der Waals surface area (Å²) >= 11 is 5.74. The summed E-state index contributed by atoms with van der Waals surface area (Å²) in [6.07, 6.45) is 0.528. The molecule has 5 nitrogen and oxygen atoms in total. The topological polar surface area (TPSA) is 81.4 Å². The first-order chi connectivity index (χ1) is 9.74. The molecule has 0 radical (unpaired) electrons. The average Bonchev–Trinajstić information content (AvgIpc) is 2.37. The molecule has 0 amide bonds. The van der Waals surface area contributed by atoms with Gasteiger partial charge in [0.2, 0.25) is 10.0 Å². The summed E-state index contributed by atoms with van der Waals surface area (Å²) in [5.41, 5.74) is 5.10. The van der Waals surface area contributed by atoms with Gasteiger partial charge in [-0.05, 0) is 24.5 Å². The minimum Gasteiger partial charge on any atom is -0.396 e. The Bertz CT molecular complexity index is 579. The van der Waals surface area contributed by atoms with Gasteiger partial charge in [-0.1, -0.05) is 25.4 Å². The smallest absolute Gasteiger partial charge is 0.242 e. The van der Waals surface area contributed by atoms with E-state index in [9.17, 15) is 12.8 Å². The number of hydrogen-bond donors (Lipinski definition) is 2. The van der Waals surface area contributed by atoms with Gasteiger partial charge in [-0.25, -0.2) is 17.5 Å². The molecule has 1 aromatic rings. The molecule has 8 heteroatoms. The number of hydrogen-bond acceptors (Lipinski definition) is 4. The highest BCUT2D eigenvalue weighted by atomic mass is 35.5. The van der Waals surface area contributed by atoms with Crippen LogP contribution in [0.1, 0.15) is 20.3 Å². The molecule has 0 bridgehead atoms. The van der Waals surface area contributed by atoms with E-state index in [2.05, 4.69) is 4.72 Å². The number of halogens is 2. The third-order valence-electron chi connectivity index (χ3n) is 2.55. The number of nitrogens with one attached hydrogen (secondary N) is 1. The lowest BCUT2D eigenvalue weighted by atomic mass is 10.2. The van der Waals surface area contributed by atoms with Crippen LogP contribution in [0.2, 0.25) is 5.02 Å². The lowest BCUT2D eigenvalue weighted by molar-refractivity contribution is 0.108. The Hall–Kier alpha value is -0.890. The molecule has 0 saturated carbocycles. The summed E-state index contributed by atoms with van der Waals surface area (Å²) in [5.74, 6) is -0.316. The maximum atomic E-state index is 13.2. The van der Waals surface area contributed by atoms with Gasteiger partial charge >= 0.3 is 0 Å². The van der Waals surface area contributed by atoms with Crippen LogP contribution in [0.3, 0.4) is 0 Å². The number of anilines is 1. The van der Waals surface area contributed by atoms with Crippen molar-refractivity contribution < 1.29 is 17.5 Å². The molecule has 0 unspecified atom stereocenters. The Kier molecular flexibility index (Phi) is 6.86. The maximum Gasteiger partial charge on any atom is 0.242 e. The number of benzene rings is 1. The van der Waals surface area contributed by atoms with Crippen molar-refractivity contribution in [2.75, 3.05) is 25.5 Å². The van der Waals surface area contributed by atoms with Gasteiger partial charge in [0.25, 0.3) is 0 Å². The molecular weight excluding hydrogens is 319 g/mol. The Morgan fingerprint density at radius 3 is 2.71 bits per heavy atom. The summed E-state index contributed by atoms with van der Waals surface area (Å²) in [4.78, 5) is -0.230. The van der Waals surface area contributed by atoms with Gasteiger partial charge in [0.05, 0.1) is 10.7 Å². The van der Waals surface area contributed by atoms with Crippen LogP contribution >= 0.6 is 11.6 Å². The molecule has 0 aliphatic carbocycles. The van der Waals surface area contributed by atoms with Crippen molar-refractivity contribution in [2.45, 2.75) is 25.2 Å². The van der Waals surface area contributed by atoms with E-state index in [0.717, 1.165) is 12.1 Å². The molecule has 1 aromatic carbocycles. The van der Waals surface area contributed by atoms with Crippen LogP contribution in [-0.4, -0.2) is 28.2 Å². The highest BCUT2D eigenvalue weighted by molar-refractivity contribution is 7.89. The molecule has 0 aliphatic rings. The molecule has 0 heterocycles. The number of ether oxygens (including phenoxy) is 1. The normalized spacial score (nSPS) is 12.0. The van der Waals surface area contributed by atoms with Crippen LogP contribution in [0.25, 0.3) is 0 Å². The second kappa shape index (κ2) is 7.93. The van der Waals surface area contributed by atoms with Gasteiger partial charge in [0.1, 0.15) is 10.7 Å². The van der Waals surface area contributed by atoms with Gasteiger partial charge in [0, 0.05) is 19.8 Å². The summed E-state index contributed by atoms with van der Waals surface area (Å²) in [7, 11) is -3.82. The first-order valence-electron chi connectivity index (χ1n) is 6.56. The fourth-order valence-electron chi connectivity index (χ4n) is 1.53. The minimum atomic E-state index is -3.82. The molecule has 0 spiro atoms. The van der Waals surface area contributed by atoms with E-state index in [1.54, 1.807) is 0 Å². The van der Waals surface area contributed by atoms with E-state index < -0.39 is 15.8 Å². The largest absolute Gasteiger partial charge is 0.396 e. The van der Waals surface area contributed by atoms with Crippen molar-refractivity contribution in [3.05, 3.63) is 23.0 Å².